The van der Waals surface area contributed by atoms with Crippen molar-refractivity contribution < 1.29 is 4.74 Å². The molecule has 2 atom stereocenters. The molecule has 2 aliphatic rings. The lowest BCUT2D eigenvalue weighted by Gasteiger charge is -2.40. The summed E-state index contributed by atoms with van der Waals surface area (Å²) in [6.07, 6.45) is 3.62. The number of nitrogens with zero attached hydrogens (tertiary/aromatic N) is 3. The number of rotatable bonds is 2. The van der Waals surface area contributed by atoms with E-state index in [2.05, 4.69) is 18.2 Å². The molecule has 0 saturated carbocycles. The number of hydrogen-bond donors (Lipinski definition) is 1. The van der Waals surface area contributed by atoms with Crippen LogP contribution in [0.5, 0.6) is 5.75 Å². The van der Waals surface area contributed by atoms with Crippen molar-refractivity contribution >= 4 is 0 Å². The molecule has 1 aromatic carbocycles. The maximum Gasteiger partial charge on any atom is 0.191 e. The van der Waals surface area contributed by atoms with E-state index in [1.807, 2.05) is 30.3 Å². The number of allylic oxidation sites excluding steroid dienone is 4. The van der Waals surface area contributed by atoms with E-state index in [0.717, 1.165) is 24.0 Å². The number of ether oxygens (including phenoxy) is 1. The van der Waals surface area contributed by atoms with Gasteiger partial charge in [0.05, 0.1) is 30.5 Å². The molecule has 0 fully saturated rings. The van der Waals surface area contributed by atoms with Gasteiger partial charge in [-0.3, -0.25) is 0 Å². The third-order valence-electron chi connectivity index (χ3n) is 5.03. The van der Waals surface area contributed by atoms with Gasteiger partial charge in [0.1, 0.15) is 11.8 Å². The van der Waals surface area contributed by atoms with Gasteiger partial charge in [0.15, 0.2) is 5.41 Å². The zero-order valence-electron chi connectivity index (χ0n) is 13.3. The number of fused-ring (bicyclic) bond motifs is 1. The second kappa shape index (κ2) is 5.76. The monoisotopic (exact) mass is 316 g/mol. The molecule has 0 amide bonds. The Balaban J connectivity index is 2.25. The summed E-state index contributed by atoms with van der Waals surface area (Å²) in [5.74, 6) is 0.251. The fourth-order valence-corrected chi connectivity index (χ4v) is 3.88. The first-order chi connectivity index (χ1) is 11.6. The summed E-state index contributed by atoms with van der Waals surface area (Å²) < 4.78 is 5.18. The van der Waals surface area contributed by atoms with Crippen LogP contribution in [0.3, 0.4) is 0 Å². The van der Waals surface area contributed by atoms with Crippen LogP contribution in [-0.2, 0) is 0 Å². The molecule has 0 radical (unpaired) electrons. The standard InChI is InChI=1S/C19H16N4O/c1-24-13-7-5-12(6-8-13)17-15-4-2-3-14(15)16(9-20)18(23)19(17,10-21)11-22/h3,5-8,15,17H,2,4,23H2,1H3/t15-,17-/m0/s1. The number of nitriles is 3. The highest BCUT2D eigenvalue weighted by Crippen LogP contribution is 2.56. The Morgan fingerprint density at radius 3 is 2.38 bits per heavy atom. The molecular weight excluding hydrogens is 300 g/mol. The SMILES string of the molecule is COc1ccc([C@H]2[C@H]3CCC=C3C(C#N)=C(N)C2(C#N)C#N)cc1. The molecule has 0 heterocycles. The lowest BCUT2D eigenvalue weighted by molar-refractivity contribution is 0.344. The van der Waals surface area contributed by atoms with Crippen molar-refractivity contribution in [1.82, 2.24) is 0 Å². The summed E-state index contributed by atoms with van der Waals surface area (Å²) >= 11 is 0. The van der Waals surface area contributed by atoms with Crippen molar-refractivity contribution in [2.75, 3.05) is 7.11 Å². The average molecular weight is 316 g/mol. The molecule has 0 unspecified atom stereocenters. The van der Waals surface area contributed by atoms with Crippen molar-refractivity contribution in [3.63, 3.8) is 0 Å². The minimum Gasteiger partial charge on any atom is -0.497 e. The highest BCUT2D eigenvalue weighted by atomic mass is 16.5. The lowest BCUT2D eigenvalue weighted by Crippen LogP contribution is -2.41. The van der Waals surface area contributed by atoms with E-state index in [1.54, 1.807) is 7.11 Å². The number of methoxy groups -OCH3 is 1. The Labute approximate surface area is 140 Å². The van der Waals surface area contributed by atoms with Crippen LogP contribution < -0.4 is 10.5 Å². The Morgan fingerprint density at radius 1 is 1.17 bits per heavy atom. The van der Waals surface area contributed by atoms with Gasteiger partial charge in [-0.2, -0.15) is 15.8 Å². The van der Waals surface area contributed by atoms with E-state index in [4.69, 9.17) is 10.5 Å². The molecule has 3 rings (SSSR count). The Morgan fingerprint density at radius 2 is 1.83 bits per heavy atom. The maximum atomic E-state index is 9.84. The zero-order valence-corrected chi connectivity index (χ0v) is 13.3. The van der Waals surface area contributed by atoms with Crippen LogP contribution in [0.25, 0.3) is 0 Å². The Kier molecular flexibility index (Phi) is 3.76. The number of hydrogen-bond acceptors (Lipinski definition) is 5. The predicted molar refractivity (Wildman–Crippen MR) is 87.0 cm³/mol. The molecule has 5 heteroatoms. The smallest absolute Gasteiger partial charge is 0.191 e. The molecule has 0 spiro atoms. The van der Waals surface area contributed by atoms with Gasteiger partial charge in [-0.15, -0.1) is 0 Å². The van der Waals surface area contributed by atoms with Crippen LogP contribution in [0, 0.1) is 45.3 Å². The maximum absolute atomic E-state index is 9.84. The van der Waals surface area contributed by atoms with Crippen LogP contribution in [0.2, 0.25) is 0 Å². The summed E-state index contributed by atoms with van der Waals surface area (Å²) in [6.45, 7) is 0. The molecule has 2 N–H and O–H groups in total. The Hall–Kier alpha value is -3.23. The second-order valence-corrected chi connectivity index (χ2v) is 6.03. The van der Waals surface area contributed by atoms with E-state index in [1.165, 1.54) is 0 Å². The van der Waals surface area contributed by atoms with Crippen LogP contribution >= 0.6 is 0 Å². The summed E-state index contributed by atoms with van der Waals surface area (Å²) in [4.78, 5) is 0. The molecule has 0 aromatic heterocycles. The average Bonchev–Trinajstić information content (AvgIpc) is 3.09. The molecule has 2 aliphatic carbocycles. The van der Waals surface area contributed by atoms with E-state index in [9.17, 15) is 15.8 Å². The molecule has 0 saturated heterocycles. The van der Waals surface area contributed by atoms with E-state index < -0.39 is 11.3 Å². The van der Waals surface area contributed by atoms with E-state index >= 15 is 0 Å². The molecule has 0 aliphatic heterocycles. The topological polar surface area (TPSA) is 107 Å². The fourth-order valence-electron chi connectivity index (χ4n) is 3.88. The van der Waals surface area contributed by atoms with Crippen LogP contribution in [0.15, 0.2) is 47.2 Å². The van der Waals surface area contributed by atoms with Gasteiger partial charge in [0.2, 0.25) is 0 Å². The van der Waals surface area contributed by atoms with Gasteiger partial charge >= 0.3 is 0 Å². The van der Waals surface area contributed by atoms with Crippen LogP contribution in [0.1, 0.15) is 24.3 Å². The highest BCUT2D eigenvalue weighted by molar-refractivity contribution is 5.59. The third kappa shape index (κ3) is 1.98. The molecule has 1 aromatic rings. The summed E-state index contributed by atoms with van der Waals surface area (Å²) in [7, 11) is 1.59. The molecular formula is C19H16N4O. The first-order valence-corrected chi connectivity index (χ1v) is 7.70. The van der Waals surface area contributed by atoms with Crippen LogP contribution in [-0.4, -0.2) is 7.11 Å². The van der Waals surface area contributed by atoms with Crippen molar-refractivity contribution in [2.24, 2.45) is 17.1 Å². The third-order valence-corrected chi connectivity index (χ3v) is 5.03. The lowest BCUT2D eigenvalue weighted by atomic mass is 9.59. The van der Waals surface area contributed by atoms with E-state index in [-0.39, 0.29) is 11.6 Å². The Bertz CT molecular complexity index is 845. The van der Waals surface area contributed by atoms with Crippen molar-refractivity contribution in [2.45, 2.75) is 18.8 Å². The predicted octanol–water partition coefficient (Wildman–Crippen LogP) is 2.90. The van der Waals surface area contributed by atoms with E-state index in [0.29, 0.717) is 11.3 Å². The minimum absolute atomic E-state index is 0.0559. The summed E-state index contributed by atoms with van der Waals surface area (Å²) in [5.41, 5.74) is 6.74. The first kappa shape index (κ1) is 15.7. The quantitative estimate of drug-likeness (QED) is 0.902. The van der Waals surface area contributed by atoms with Gasteiger partial charge in [0.25, 0.3) is 0 Å². The highest BCUT2D eigenvalue weighted by Gasteiger charge is 2.54. The van der Waals surface area contributed by atoms with Gasteiger partial charge < -0.3 is 10.5 Å². The summed E-state index contributed by atoms with van der Waals surface area (Å²) in [5, 5.41) is 29.2. The fraction of sp³-hybridized carbons (Fsp3) is 0.316. The normalized spacial score (nSPS) is 24.2. The number of nitrogens with two attached hydrogens (primary N) is 1. The zero-order chi connectivity index (χ0) is 17.3. The second-order valence-electron chi connectivity index (χ2n) is 6.03. The van der Waals surface area contributed by atoms with Gasteiger partial charge in [-0.25, -0.2) is 0 Å². The molecule has 5 nitrogen and oxygen atoms in total. The van der Waals surface area contributed by atoms with Crippen molar-refractivity contribution in [1.29, 1.82) is 15.8 Å². The van der Waals surface area contributed by atoms with Crippen molar-refractivity contribution in [3.8, 4) is 24.0 Å². The minimum atomic E-state index is -1.54. The van der Waals surface area contributed by atoms with Gasteiger partial charge in [-0.05, 0) is 42.0 Å². The number of benzene rings is 1. The summed E-state index contributed by atoms with van der Waals surface area (Å²) in [6, 6.07) is 13.7. The largest absolute Gasteiger partial charge is 0.497 e. The van der Waals surface area contributed by atoms with Crippen LogP contribution in [0.4, 0.5) is 0 Å². The van der Waals surface area contributed by atoms with Gasteiger partial charge in [-0.1, -0.05) is 18.2 Å². The molecule has 0 bridgehead atoms. The first-order valence-electron chi connectivity index (χ1n) is 7.70. The molecule has 24 heavy (non-hydrogen) atoms. The van der Waals surface area contributed by atoms with Gasteiger partial charge in [0, 0.05) is 5.92 Å². The van der Waals surface area contributed by atoms with Crippen molar-refractivity contribution in [3.05, 3.63) is 52.7 Å². The molecule has 118 valence electrons.